The minimum atomic E-state index is -1.40. The zero-order valence-electron chi connectivity index (χ0n) is 20.4. The fraction of sp³-hybridized carbons (Fsp3) is 0.333. The fourth-order valence-corrected chi connectivity index (χ4v) is 3.78. The Labute approximate surface area is 216 Å². The van der Waals surface area contributed by atoms with E-state index >= 15 is 0 Å². The third kappa shape index (κ3) is 7.39. The first kappa shape index (κ1) is 27.9. The Balaban J connectivity index is 1.65. The van der Waals surface area contributed by atoms with Crippen LogP contribution in [0.1, 0.15) is 24.6 Å². The van der Waals surface area contributed by atoms with E-state index in [4.69, 9.17) is 10.8 Å². The first-order valence-corrected chi connectivity index (χ1v) is 11.7. The summed E-state index contributed by atoms with van der Waals surface area (Å²) in [4.78, 5) is 70.5. The number of amides is 3. The van der Waals surface area contributed by atoms with Gasteiger partial charge in [-0.05, 0) is 18.6 Å². The largest absolute Gasteiger partial charge is 0.481 e. The van der Waals surface area contributed by atoms with Gasteiger partial charge in [-0.25, -0.2) is 9.78 Å². The average molecular weight is 528 g/mol. The Morgan fingerprint density at radius 2 is 1.66 bits per heavy atom. The Bertz CT molecular complexity index is 1300. The van der Waals surface area contributed by atoms with Gasteiger partial charge in [0.25, 0.3) is 0 Å². The highest BCUT2D eigenvalue weighted by Crippen LogP contribution is 2.19. The topological polar surface area (TPSA) is 232 Å². The molecule has 0 aliphatic carbocycles. The van der Waals surface area contributed by atoms with Gasteiger partial charge in [-0.15, -0.1) is 0 Å². The van der Waals surface area contributed by atoms with Gasteiger partial charge in [0.2, 0.25) is 17.7 Å². The smallest absolute Gasteiger partial charge is 0.326 e. The van der Waals surface area contributed by atoms with E-state index in [-0.39, 0.29) is 12.8 Å². The highest BCUT2D eigenvalue weighted by atomic mass is 16.4. The number of aromatic amines is 2. The summed E-state index contributed by atoms with van der Waals surface area (Å²) in [7, 11) is 0. The maximum absolute atomic E-state index is 13.0. The van der Waals surface area contributed by atoms with Crippen LogP contribution in [0.25, 0.3) is 10.9 Å². The van der Waals surface area contributed by atoms with Gasteiger partial charge in [-0.2, -0.15) is 0 Å². The molecule has 0 saturated carbocycles. The van der Waals surface area contributed by atoms with Gasteiger partial charge < -0.3 is 41.9 Å². The highest BCUT2D eigenvalue weighted by molar-refractivity contribution is 5.95. The van der Waals surface area contributed by atoms with Gasteiger partial charge in [0.15, 0.2) is 0 Å². The number of nitrogens with two attached hydrogens (primary N) is 1. The second-order valence-electron chi connectivity index (χ2n) is 8.74. The van der Waals surface area contributed by atoms with Crippen molar-refractivity contribution in [1.29, 1.82) is 0 Å². The van der Waals surface area contributed by atoms with Crippen molar-refractivity contribution in [2.24, 2.45) is 5.73 Å². The quantitative estimate of drug-likeness (QED) is 0.136. The van der Waals surface area contributed by atoms with Gasteiger partial charge in [-0.1, -0.05) is 18.2 Å². The number of rotatable bonds is 13. The molecule has 3 aromatic rings. The number of hydrogen-bond donors (Lipinski definition) is 8. The van der Waals surface area contributed by atoms with E-state index in [1.54, 1.807) is 6.20 Å². The Hall–Kier alpha value is -4.72. The highest BCUT2D eigenvalue weighted by Gasteiger charge is 2.29. The molecule has 0 aliphatic heterocycles. The van der Waals surface area contributed by atoms with E-state index < -0.39 is 60.2 Å². The van der Waals surface area contributed by atoms with Gasteiger partial charge >= 0.3 is 11.9 Å². The zero-order chi connectivity index (χ0) is 27.8. The van der Waals surface area contributed by atoms with Gasteiger partial charge in [0.1, 0.15) is 18.1 Å². The standard InChI is InChI=1S/C24H29N7O7/c1-12(21(34)31-19(24(37)38)6-13-9-27-17-5-3-2-4-15(13)17)29-23(36)18(7-14-10-26-11-28-14)30-22(35)16(25)8-20(32)33/h2-5,9-12,16,18-19,27H,6-8,25H2,1H3,(H,26,28)(H,29,36)(H,30,35)(H,31,34)(H,32,33)(H,37,38). The van der Waals surface area contributed by atoms with Crippen LogP contribution in [0.5, 0.6) is 0 Å². The lowest BCUT2D eigenvalue weighted by Gasteiger charge is -2.23. The number of fused-ring (bicyclic) bond motifs is 1. The number of carbonyl (C=O) groups is 5. The molecule has 4 atom stereocenters. The van der Waals surface area contributed by atoms with Crippen LogP contribution >= 0.6 is 0 Å². The molecule has 0 aliphatic rings. The Morgan fingerprint density at radius 3 is 2.32 bits per heavy atom. The Morgan fingerprint density at radius 1 is 0.947 bits per heavy atom. The lowest BCUT2D eigenvalue weighted by Crippen LogP contribution is -2.57. The van der Waals surface area contributed by atoms with Gasteiger partial charge in [0, 0.05) is 41.8 Å². The lowest BCUT2D eigenvalue weighted by molar-refractivity contribution is -0.142. The predicted octanol–water partition coefficient (Wildman–Crippen LogP) is -0.963. The van der Waals surface area contributed by atoms with Crippen molar-refractivity contribution in [3.05, 3.63) is 54.2 Å². The number of carbonyl (C=O) groups excluding carboxylic acids is 3. The third-order valence-corrected chi connectivity index (χ3v) is 5.81. The summed E-state index contributed by atoms with van der Waals surface area (Å²) in [6, 6.07) is 2.28. The van der Waals surface area contributed by atoms with E-state index in [1.165, 1.54) is 19.4 Å². The van der Waals surface area contributed by atoms with Gasteiger partial charge in [-0.3, -0.25) is 19.2 Å². The van der Waals surface area contributed by atoms with Crippen molar-refractivity contribution in [1.82, 2.24) is 30.9 Å². The number of H-pyrrole nitrogens is 2. The molecule has 38 heavy (non-hydrogen) atoms. The SMILES string of the molecule is CC(NC(=O)C(Cc1cnc[nH]1)NC(=O)C(N)CC(=O)O)C(=O)NC(Cc1c[nH]c2ccccc12)C(=O)O. The maximum Gasteiger partial charge on any atom is 0.326 e. The number of carboxylic acid groups (broad SMARTS) is 2. The number of hydrogen-bond acceptors (Lipinski definition) is 7. The number of para-hydroxylation sites is 1. The third-order valence-electron chi connectivity index (χ3n) is 5.81. The van der Waals surface area contributed by atoms with Crippen molar-refractivity contribution in [2.45, 2.75) is 50.4 Å². The number of carboxylic acids is 2. The normalized spacial score (nSPS) is 14.2. The molecule has 1 aromatic carbocycles. The van der Waals surface area contributed by atoms with Crippen LogP contribution in [-0.2, 0) is 36.8 Å². The lowest BCUT2D eigenvalue weighted by atomic mass is 10.0. The van der Waals surface area contributed by atoms with Crippen LogP contribution < -0.4 is 21.7 Å². The van der Waals surface area contributed by atoms with Crippen LogP contribution in [0, 0.1) is 0 Å². The van der Waals surface area contributed by atoms with Crippen LogP contribution in [0.3, 0.4) is 0 Å². The molecular weight excluding hydrogens is 498 g/mol. The molecule has 0 fully saturated rings. The van der Waals surface area contributed by atoms with Crippen LogP contribution in [-0.4, -0.2) is 79.0 Å². The molecule has 2 aromatic heterocycles. The zero-order valence-corrected chi connectivity index (χ0v) is 20.4. The molecule has 3 rings (SSSR count). The van der Waals surface area contributed by atoms with Crippen LogP contribution in [0.4, 0.5) is 0 Å². The number of nitrogens with one attached hydrogen (secondary N) is 5. The molecule has 9 N–H and O–H groups in total. The number of benzene rings is 1. The molecular formula is C24H29N7O7. The second kappa shape index (κ2) is 12.5. The van der Waals surface area contributed by atoms with E-state index in [9.17, 15) is 29.1 Å². The minimum absolute atomic E-state index is 0.00568. The summed E-state index contributed by atoms with van der Waals surface area (Å²) >= 11 is 0. The number of aliphatic carboxylic acids is 2. The average Bonchev–Trinajstić information content (AvgIpc) is 3.52. The van der Waals surface area contributed by atoms with Crippen molar-refractivity contribution in [3.63, 3.8) is 0 Å². The number of nitrogens with zero attached hydrogens (tertiary/aromatic N) is 1. The molecule has 0 radical (unpaired) electrons. The van der Waals surface area contributed by atoms with Crippen LogP contribution in [0.15, 0.2) is 43.0 Å². The monoisotopic (exact) mass is 527 g/mol. The fourth-order valence-electron chi connectivity index (χ4n) is 3.78. The minimum Gasteiger partial charge on any atom is -0.481 e. The molecule has 0 bridgehead atoms. The van der Waals surface area contributed by atoms with E-state index in [2.05, 4.69) is 30.9 Å². The summed E-state index contributed by atoms with van der Waals surface area (Å²) in [5.41, 5.74) is 7.61. The number of aromatic nitrogens is 3. The van der Waals surface area contributed by atoms with Crippen molar-refractivity contribution in [2.75, 3.05) is 0 Å². The number of imidazole rings is 1. The van der Waals surface area contributed by atoms with Gasteiger partial charge in [0.05, 0.1) is 18.8 Å². The molecule has 3 amide bonds. The van der Waals surface area contributed by atoms with E-state index in [0.29, 0.717) is 11.3 Å². The summed E-state index contributed by atoms with van der Waals surface area (Å²) < 4.78 is 0. The second-order valence-corrected chi connectivity index (χ2v) is 8.74. The Kier molecular flexibility index (Phi) is 9.16. The van der Waals surface area contributed by atoms with Crippen LogP contribution in [0.2, 0.25) is 0 Å². The molecule has 0 spiro atoms. The van der Waals surface area contributed by atoms with E-state index in [1.807, 2.05) is 24.3 Å². The molecule has 4 unspecified atom stereocenters. The molecule has 2 heterocycles. The first-order valence-electron chi connectivity index (χ1n) is 11.7. The first-order chi connectivity index (χ1) is 18.0. The summed E-state index contributed by atoms with van der Waals surface area (Å²) in [6.07, 6.45) is 3.79. The maximum atomic E-state index is 13.0. The summed E-state index contributed by atoms with van der Waals surface area (Å²) in [6.45, 7) is 1.36. The molecule has 14 nitrogen and oxygen atoms in total. The van der Waals surface area contributed by atoms with E-state index in [0.717, 1.165) is 10.9 Å². The van der Waals surface area contributed by atoms with Crippen molar-refractivity contribution >= 4 is 40.6 Å². The molecule has 202 valence electrons. The predicted molar refractivity (Wildman–Crippen MR) is 134 cm³/mol. The molecule has 0 saturated heterocycles. The molecule has 14 heteroatoms. The van der Waals surface area contributed by atoms with Crippen molar-refractivity contribution < 1.29 is 34.2 Å². The summed E-state index contributed by atoms with van der Waals surface area (Å²) in [5, 5.41) is 26.7. The van der Waals surface area contributed by atoms with Crippen molar-refractivity contribution in [3.8, 4) is 0 Å². The summed E-state index contributed by atoms with van der Waals surface area (Å²) in [5.74, 6) is -4.91.